The molecule has 1 aliphatic heterocycles. The van der Waals surface area contributed by atoms with E-state index in [-0.39, 0.29) is 19.4 Å². The van der Waals surface area contributed by atoms with Gasteiger partial charge in [-0.3, -0.25) is 4.79 Å². The molecule has 2 nitrogen and oxygen atoms in total. The first-order valence-electron chi connectivity index (χ1n) is 3.96. The number of carbonyl (C=O) groups is 1. The molecule has 1 aliphatic rings. The van der Waals surface area contributed by atoms with Gasteiger partial charge < -0.3 is 5.32 Å². The van der Waals surface area contributed by atoms with Gasteiger partial charge in [0.15, 0.2) is 3.23 Å². The summed E-state index contributed by atoms with van der Waals surface area (Å²) < 4.78 is 35.9. The van der Waals surface area contributed by atoms with Crippen molar-refractivity contribution in [2.24, 2.45) is 5.92 Å². The van der Waals surface area contributed by atoms with Gasteiger partial charge in [-0.15, -0.1) is 0 Å². The van der Waals surface area contributed by atoms with Crippen LogP contribution >= 0.6 is 31.9 Å². The minimum atomic E-state index is -4.25. The summed E-state index contributed by atoms with van der Waals surface area (Å²) in [6.07, 6.45) is -4.62. The molecule has 0 radical (unpaired) electrons. The lowest BCUT2D eigenvalue weighted by Crippen LogP contribution is -2.36. The second-order valence-corrected chi connectivity index (χ2v) is 6.96. The highest BCUT2D eigenvalue weighted by atomic mass is 79.9. The van der Waals surface area contributed by atoms with Crippen LogP contribution in [0.5, 0.6) is 0 Å². The van der Waals surface area contributed by atoms with Crippen molar-refractivity contribution in [3.8, 4) is 0 Å². The maximum Gasteiger partial charge on any atom is 0.391 e. The predicted molar refractivity (Wildman–Crippen MR) is 52.4 cm³/mol. The molecule has 0 aromatic rings. The fraction of sp³-hybridized carbons (Fsp3) is 0.857. The van der Waals surface area contributed by atoms with Gasteiger partial charge in [-0.05, 0) is 12.8 Å². The van der Waals surface area contributed by atoms with Crippen LogP contribution in [-0.2, 0) is 4.79 Å². The maximum atomic E-state index is 12.4. The number of hydrogen-bond acceptors (Lipinski definition) is 1. The van der Waals surface area contributed by atoms with E-state index < -0.39 is 21.2 Å². The Morgan fingerprint density at radius 2 is 2.00 bits per heavy atom. The molecule has 0 aliphatic carbocycles. The molecule has 1 atom stereocenters. The van der Waals surface area contributed by atoms with E-state index in [2.05, 4.69) is 37.2 Å². The van der Waals surface area contributed by atoms with Gasteiger partial charge >= 0.3 is 6.18 Å². The molecule has 1 fully saturated rings. The topological polar surface area (TPSA) is 29.1 Å². The number of halogens is 5. The molecule has 1 saturated heterocycles. The molecule has 1 unspecified atom stereocenters. The highest BCUT2D eigenvalue weighted by Crippen LogP contribution is 2.42. The van der Waals surface area contributed by atoms with E-state index in [1.807, 2.05) is 0 Å². The highest BCUT2D eigenvalue weighted by molar-refractivity contribution is 9.25. The van der Waals surface area contributed by atoms with Gasteiger partial charge in [0.05, 0.1) is 5.92 Å². The van der Waals surface area contributed by atoms with Crippen LogP contribution < -0.4 is 5.32 Å². The Labute approximate surface area is 95.9 Å². The third-order valence-corrected chi connectivity index (χ3v) is 3.44. The number of nitrogens with one attached hydrogen (secondary N) is 1. The Kier molecular flexibility index (Phi) is 3.51. The smallest absolute Gasteiger partial charge is 0.354 e. The standard InChI is InChI=1S/C7H8Br2F3NO/c8-6(9)3-4(7(10,11)12)1-2-13-5(6)14/h4H,1-3H2,(H,13,14). The Hall–Kier alpha value is 0.220. The second kappa shape index (κ2) is 4.00. The maximum absolute atomic E-state index is 12.4. The minimum Gasteiger partial charge on any atom is -0.354 e. The van der Waals surface area contributed by atoms with E-state index in [1.54, 1.807) is 0 Å². The monoisotopic (exact) mass is 337 g/mol. The van der Waals surface area contributed by atoms with Crippen molar-refractivity contribution < 1.29 is 18.0 Å². The molecular formula is C7H8Br2F3NO. The van der Waals surface area contributed by atoms with Crippen LogP contribution in [0.2, 0.25) is 0 Å². The van der Waals surface area contributed by atoms with Crippen molar-refractivity contribution in [3.05, 3.63) is 0 Å². The molecule has 1 rings (SSSR count). The molecule has 0 aromatic heterocycles. The van der Waals surface area contributed by atoms with Crippen molar-refractivity contribution in [2.45, 2.75) is 22.3 Å². The van der Waals surface area contributed by atoms with E-state index in [1.165, 1.54) is 0 Å². The summed E-state index contributed by atoms with van der Waals surface area (Å²) >= 11 is 5.89. The van der Waals surface area contributed by atoms with Gasteiger partial charge in [0.2, 0.25) is 5.91 Å². The first-order valence-corrected chi connectivity index (χ1v) is 5.55. The summed E-state index contributed by atoms with van der Waals surface area (Å²) in [6.45, 7) is 0.0575. The SMILES string of the molecule is O=C1NCCC(C(F)(F)F)CC1(Br)Br. The molecule has 1 N–H and O–H groups in total. The van der Waals surface area contributed by atoms with Crippen molar-refractivity contribution in [2.75, 3.05) is 6.54 Å². The fourth-order valence-corrected chi connectivity index (χ4v) is 2.33. The first kappa shape index (κ1) is 12.3. The van der Waals surface area contributed by atoms with E-state index >= 15 is 0 Å². The number of rotatable bonds is 0. The Morgan fingerprint density at radius 1 is 1.43 bits per heavy atom. The van der Waals surface area contributed by atoms with E-state index in [4.69, 9.17) is 0 Å². The second-order valence-electron chi connectivity index (χ2n) is 3.19. The van der Waals surface area contributed by atoms with Gasteiger partial charge in [0.25, 0.3) is 0 Å². The molecule has 1 amide bonds. The molecule has 14 heavy (non-hydrogen) atoms. The third kappa shape index (κ3) is 2.85. The van der Waals surface area contributed by atoms with Crippen molar-refractivity contribution in [3.63, 3.8) is 0 Å². The van der Waals surface area contributed by atoms with Crippen LogP contribution in [0.3, 0.4) is 0 Å². The molecule has 1 heterocycles. The number of hydrogen-bond donors (Lipinski definition) is 1. The van der Waals surface area contributed by atoms with Gasteiger partial charge in [-0.25, -0.2) is 0 Å². The van der Waals surface area contributed by atoms with E-state index in [9.17, 15) is 18.0 Å². The summed E-state index contributed by atoms with van der Waals surface area (Å²) in [5, 5.41) is 2.40. The Morgan fingerprint density at radius 3 is 2.50 bits per heavy atom. The highest BCUT2D eigenvalue weighted by Gasteiger charge is 2.47. The molecule has 0 saturated carbocycles. The van der Waals surface area contributed by atoms with Gasteiger partial charge in [-0.1, -0.05) is 31.9 Å². The Balaban J connectivity index is 2.80. The van der Waals surface area contributed by atoms with E-state index in [0.29, 0.717) is 0 Å². The first-order chi connectivity index (χ1) is 6.23. The average Bonchev–Trinajstić information content (AvgIpc) is 2.11. The minimum absolute atomic E-state index is 0.0575. The molecule has 7 heteroatoms. The van der Waals surface area contributed by atoms with Crippen molar-refractivity contribution in [1.82, 2.24) is 5.32 Å². The normalized spacial score (nSPS) is 28.1. The number of carbonyl (C=O) groups excluding carboxylic acids is 1. The largest absolute Gasteiger partial charge is 0.391 e. The zero-order chi connectivity index (χ0) is 11.0. The van der Waals surface area contributed by atoms with Crippen LogP contribution in [0, 0.1) is 5.92 Å². The van der Waals surface area contributed by atoms with Crippen LogP contribution in [0.1, 0.15) is 12.8 Å². The van der Waals surface area contributed by atoms with Gasteiger partial charge in [-0.2, -0.15) is 13.2 Å². The molecule has 0 bridgehead atoms. The zero-order valence-electron chi connectivity index (χ0n) is 7.00. The lowest BCUT2D eigenvalue weighted by Gasteiger charge is -2.22. The predicted octanol–water partition coefficient (Wildman–Crippen LogP) is 2.56. The number of amides is 1. The van der Waals surface area contributed by atoms with Crippen molar-refractivity contribution >= 4 is 37.8 Å². The Bertz CT molecular complexity index is 242. The summed E-state index contributed by atoms with van der Waals surface area (Å²) in [5.74, 6) is -1.91. The van der Waals surface area contributed by atoms with Crippen LogP contribution in [0.4, 0.5) is 13.2 Å². The average molecular weight is 339 g/mol. The molecule has 0 aromatic carbocycles. The lowest BCUT2D eigenvalue weighted by molar-refractivity contribution is -0.176. The van der Waals surface area contributed by atoms with Crippen LogP contribution in [0.25, 0.3) is 0 Å². The summed E-state index contributed by atoms with van der Waals surface area (Å²) in [6, 6.07) is 0. The van der Waals surface area contributed by atoms with E-state index in [0.717, 1.165) is 0 Å². The number of alkyl halides is 5. The lowest BCUT2D eigenvalue weighted by atomic mass is 10.0. The zero-order valence-corrected chi connectivity index (χ0v) is 10.2. The summed E-state index contributed by atoms with van der Waals surface area (Å²) in [4.78, 5) is 11.2. The molecule has 82 valence electrons. The third-order valence-electron chi connectivity index (χ3n) is 2.08. The quantitative estimate of drug-likeness (QED) is 0.676. The molecular weight excluding hydrogens is 331 g/mol. The van der Waals surface area contributed by atoms with Crippen molar-refractivity contribution in [1.29, 1.82) is 0 Å². The van der Waals surface area contributed by atoms with Crippen LogP contribution in [0.15, 0.2) is 0 Å². The summed E-state index contributed by atoms with van der Waals surface area (Å²) in [7, 11) is 0. The molecule has 0 spiro atoms. The van der Waals surface area contributed by atoms with Gasteiger partial charge in [0.1, 0.15) is 0 Å². The fourth-order valence-electron chi connectivity index (χ4n) is 1.27. The van der Waals surface area contributed by atoms with Crippen LogP contribution in [-0.4, -0.2) is 21.9 Å². The summed E-state index contributed by atoms with van der Waals surface area (Å²) in [5.41, 5.74) is 0. The van der Waals surface area contributed by atoms with Gasteiger partial charge in [0, 0.05) is 6.54 Å².